The first-order chi connectivity index (χ1) is 8.41. The van der Waals surface area contributed by atoms with Crippen LogP contribution in [-0.4, -0.2) is 27.2 Å². The second-order valence-corrected chi connectivity index (χ2v) is 4.43. The van der Waals surface area contributed by atoms with Gasteiger partial charge in [-0.1, -0.05) is 5.21 Å². The van der Waals surface area contributed by atoms with Crippen LogP contribution in [0.3, 0.4) is 0 Å². The first kappa shape index (κ1) is 12.5. The van der Waals surface area contributed by atoms with Crippen molar-refractivity contribution < 1.29 is 14.2 Å². The van der Waals surface area contributed by atoms with E-state index in [1.165, 1.54) is 23.9 Å². The highest BCUT2D eigenvalue weighted by atomic mass is 19.1. The summed E-state index contributed by atoms with van der Waals surface area (Å²) in [6.07, 6.45) is 1.56. The van der Waals surface area contributed by atoms with Gasteiger partial charge < -0.3 is 9.84 Å². The van der Waals surface area contributed by atoms with Crippen LogP contribution in [0.1, 0.15) is 19.5 Å². The lowest BCUT2D eigenvalue weighted by Crippen LogP contribution is -2.15. The fourth-order valence-electron chi connectivity index (χ4n) is 1.47. The Hall–Kier alpha value is -1.95. The number of ether oxygens (including phenoxy) is 1. The summed E-state index contributed by atoms with van der Waals surface area (Å²) >= 11 is 0. The molecule has 2 aromatic rings. The van der Waals surface area contributed by atoms with Gasteiger partial charge in [-0.05, 0) is 26.0 Å². The third-order valence-electron chi connectivity index (χ3n) is 2.52. The number of nitrogens with zero attached hydrogens (tertiary/aromatic N) is 3. The highest BCUT2D eigenvalue weighted by Crippen LogP contribution is 2.21. The Balaban J connectivity index is 2.38. The van der Waals surface area contributed by atoms with E-state index >= 15 is 0 Å². The van der Waals surface area contributed by atoms with E-state index in [9.17, 15) is 9.50 Å². The number of benzene rings is 1. The van der Waals surface area contributed by atoms with Gasteiger partial charge in [0.25, 0.3) is 0 Å². The summed E-state index contributed by atoms with van der Waals surface area (Å²) in [5.41, 5.74) is -0.154. The lowest BCUT2D eigenvalue weighted by molar-refractivity contribution is 0.0737. The molecular formula is C12H14FN3O2. The van der Waals surface area contributed by atoms with Crippen molar-refractivity contribution in [3.8, 4) is 11.4 Å². The lowest BCUT2D eigenvalue weighted by atomic mass is 10.1. The second kappa shape index (κ2) is 4.38. The minimum Gasteiger partial charge on any atom is -0.494 e. The number of aliphatic hydroxyl groups is 1. The van der Waals surface area contributed by atoms with E-state index in [1.54, 1.807) is 26.1 Å². The predicted molar refractivity (Wildman–Crippen MR) is 63.1 cm³/mol. The highest BCUT2D eigenvalue weighted by molar-refractivity contribution is 5.38. The minimum absolute atomic E-state index is 0.168. The first-order valence-electron chi connectivity index (χ1n) is 5.41. The van der Waals surface area contributed by atoms with Gasteiger partial charge in [-0.25, -0.2) is 9.07 Å². The maximum absolute atomic E-state index is 13.5. The van der Waals surface area contributed by atoms with Crippen molar-refractivity contribution in [2.45, 2.75) is 19.4 Å². The molecule has 5 nitrogen and oxygen atoms in total. The Labute approximate surface area is 104 Å². The fourth-order valence-corrected chi connectivity index (χ4v) is 1.47. The van der Waals surface area contributed by atoms with E-state index in [1.807, 2.05) is 0 Å². The zero-order chi connectivity index (χ0) is 13.3. The summed E-state index contributed by atoms with van der Waals surface area (Å²) in [7, 11) is 1.40. The molecule has 0 spiro atoms. The molecule has 0 aliphatic carbocycles. The van der Waals surface area contributed by atoms with Crippen LogP contribution in [0, 0.1) is 5.82 Å². The van der Waals surface area contributed by atoms with Crippen LogP contribution < -0.4 is 4.74 Å². The van der Waals surface area contributed by atoms with Crippen molar-refractivity contribution in [2.24, 2.45) is 0 Å². The summed E-state index contributed by atoms with van der Waals surface area (Å²) in [4.78, 5) is 0. The molecule has 1 N–H and O–H groups in total. The van der Waals surface area contributed by atoms with E-state index in [4.69, 9.17) is 4.74 Å². The van der Waals surface area contributed by atoms with Gasteiger partial charge in [0.05, 0.1) is 19.0 Å². The van der Waals surface area contributed by atoms with Gasteiger partial charge >= 0.3 is 0 Å². The van der Waals surface area contributed by atoms with Crippen molar-refractivity contribution in [2.75, 3.05) is 7.11 Å². The summed E-state index contributed by atoms with van der Waals surface area (Å²) in [6, 6.07) is 4.46. The summed E-state index contributed by atoms with van der Waals surface area (Å²) < 4.78 is 19.8. The molecule has 0 fully saturated rings. The SMILES string of the molecule is COc1ccc(-n2cc(C(C)(C)O)nn2)cc1F. The molecule has 18 heavy (non-hydrogen) atoms. The van der Waals surface area contributed by atoms with Gasteiger partial charge in [0.2, 0.25) is 0 Å². The number of methoxy groups -OCH3 is 1. The van der Waals surface area contributed by atoms with E-state index in [0.29, 0.717) is 11.4 Å². The molecular weight excluding hydrogens is 237 g/mol. The Kier molecular flexibility index (Phi) is 3.04. The second-order valence-electron chi connectivity index (χ2n) is 4.43. The van der Waals surface area contributed by atoms with Gasteiger partial charge in [-0.15, -0.1) is 5.10 Å². The lowest BCUT2D eigenvalue weighted by Gasteiger charge is -2.11. The number of rotatable bonds is 3. The summed E-state index contributed by atoms with van der Waals surface area (Å²) in [6.45, 7) is 3.21. The van der Waals surface area contributed by atoms with Gasteiger partial charge in [-0.3, -0.25) is 0 Å². The molecule has 0 radical (unpaired) electrons. The Morgan fingerprint density at radius 1 is 1.39 bits per heavy atom. The normalized spacial score (nSPS) is 11.6. The van der Waals surface area contributed by atoms with Gasteiger partial charge in [0, 0.05) is 6.07 Å². The largest absolute Gasteiger partial charge is 0.494 e. The topological polar surface area (TPSA) is 60.2 Å². The Morgan fingerprint density at radius 2 is 2.11 bits per heavy atom. The van der Waals surface area contributed by atoms with Crippen molar-refractivity contribution in [3.05, 3.63) is 35.9 Å². The zero-order valence-corrected chi connectivity index (χ0v) is 10.4. The number of hydrogen-bond acceptors (Lipinski definition) is 4. The average Bonchev–Trinajstić information content (AvgIpc) is 2.77. The molecule has 0 atom stereocenters. The van der Waals surface area contributed by atoms with E-state index < -0.39 is 11.4 Å². The fraction of sp³-hybridized carbons (Fsp3) is 0.333. The van der Waals surface area contributed by atoms with E-state index in [-0.39, 0.29) is 5.75 Å². The molecule has 0 unspecified atom stereocenters. The molecule has 1 aromatic heterocycles. The van der Waals surface area contributed by atoms with Crippen LogP contribution in [0.25, 0.3) is 5.69 Å². The molecule has 1 heterocycles. The van der Waals surface area contributed by atoms with E-state index in [2.05, 4.69) is 10.3 Å². The monoisotopic (exact) mass is 251 g/mol. The average molecular weight is 251 g/mol. The van der Waals surface area contributed by atoms with Gasteiger partial charge in [0.1, 0.15) is 11.3 Å². The van der Waals surface area contributed by atoms with Crippen LogP contribution in [0.4, 0.5) is 4.39 Å². The first-order valence-corrected chi connectivity index (χ1v) is 5.41. The molecule has 2 rings (SSSR count). The number of aromatic nitrogens is 3. The highest BCUT2D eigenvalue weighted by Gasteiger charge is 2.20. The Morgan fingerprint density at radius 3 is 2.61 bits per heavy atom. The molecule has 0 bridgehead atoms. The molecule has 6 heteroatoms. The quantitative estimate of drug-likeness (QED) is 0.901. The molecule has 1 aromatic carbocycles. The minimum atomic E-state index is -1.08. The van der Waals surface area contributed by atoms with Crippen molar-refractivity contribution in [1.29, 1.82) is 0 Å². The molecule has 0 saturated heterocycles. The summed E-state index contributed by atoms with van der Waals surface area (Å²) in [5.74, 6) is -0.308. The standard InChI is InChI=1S/C12H14FN3O2/c1-12(2,17)11-7-16(15-14-11)8-4-5-10(18-3)9(13)6-8/h4-7,17H,1-3H3. The van der Waals surface area contributed by atoms with Gasteiger partial charge in [0.15, 0.2) is 11.6 Å². The molecule has 0 amide bonds. The maximum atomic E-state index is 13.5. The van der Waals surface area contributed by atoms with E-state index in [0.717, 1.165) is 0 Å². The van der Waals surface area contributed by atoms with Crippen LogP contribution >= 0.6 is 0 Å². The van der Waals surface area contributed by atoms with Gasteiger partial charge in [-0.2, -0.15) is 0 Å². The van der Waals surface area contributed by atoms with Crippen molar-refractivity contribution in [1.82, 2.24) is 15.0 Å². The smallest absolute Gasteiger partial charge is 0.167 e. The summed E-state index contributed by atoms with van der Waals surface area (Å²) in [5, 5.41) is 17.5. The molecule has 0 aliphatic heterocycles. The van der Waals surface area contributed by atoms with Crippen LogP contribution in [0.5, 0.6) is 5.75 Å². The molecule has 0 saturated carbocycles. The third-order valence-corrected chi connectivity index (χ3v) is 2.52. The van der Waals surface area contributed by atoms with Crippen molar-refractivity contribution >= 4 is 0 Å². The number of halogens is 1. The van der Waals surface area contributed by atoms with Crippen LogP contribution in [0.2, 0.25) is 0 Å². The van der Waals surface area contributed by atoms with Crippen molar-refractivity contribution in [3.63, 3.8) is 0 Å². The molecule has 0 aliphatic rings. The maximum Gasteiger partial charge on any atom is 0.167 e. The van der Waals surface area contributed by atoms with Crippen LogP contribution in [-0.2, 0) is 5.60 Å². The third kappa shape index (κ3) is 2.33. The Bertz CT molecular complexity index is 561. The van der Waals surface area contributed by atoms with Crippen LogP contribution in [0.15, 0.2) is 24.4 Å². The number of hydrogen-bond donors (Lipinski definition) is 1. The predicted octanol–water partition coefficient (Wildman–Crippen LogP) is 1.64. The zero-order valence-electron chi connectivity index (χ0n) is 10.4. The molecule has 96 valence electrons.